The van der Waals surface area contributed by atoms with Gasteiger partial charge in [-0.15, -0.1) is 24.8 Å². The summed E-state index contributed by atoms with van der Waals surface area (Å²) in [5.74, 6) is -4.89. The number of nitrogens with zero attached hydrogens (tertiary/aromatic N) is 2. The van der Waals surface area contributed by atoms with E-state index in [1.807, 2.05) is 0 Å². The van der Waals surface area contributed by atoms with Crippen LogP contribution >= 0.6 is 24.8 Å². The zero-order valence-electron chi connectivity index (χ0n) is 12.1. The molecule has 0 aromatic rings. The van der Waals surface area contributed by atoms with Crippen LogP contribution in [0.5, 0.6) is 0 Å². The van der Waals surface area contributed by atoms with Gasteiger partial charge < -0.3 is 16.0 Å². The summed E-state index contributed by atoms with van der Waals surface area (Å²) in [6.45, 7) is -1.02. The first-order valence-corrected chi connectivity index (χ1v) is 6.39. The van der Waals surface area contributed by atoms with Gasteiger partial charge in [0.15, 0.2) is 0 Å². The summed E-state index contributed by atoms with van der Waals surface area (Å²) in [6, 6.07) is 0. The van der Waals surface area contributed by atoms with Gasteiger partial charge in [-0.1, -0.05) is 0 Å². The van der Waals surface area contributed by atoms with E-state index in [0.29, 0.717) is 0 Å². The second kappa shape index (κ2) is 10.8. The van der Waals surface area contributed by atoms with Gasteiger partial charge in [-0.2, -0.15) is 8.78 Å². The number of alkyl halides is 4. The van der Waals surface area contributed by atoms with Crippen LogP contribution in [-0.2, 0) is 9.59 Å². The fraction of sp³-hybridized carbons (Fsp3) is 0.818. The van der Waals surface area contributed by atoms with Gasteiger partial charge in [0, 0.05) is 26.2 Å². The lowest BCUT2D eigenvalue weighted by Crippen LogP contribution is -2.54. The van der Waals surface area contributed by atoms with Crippen LogP contribution in [0, 0.1) is 0 Å². The second-order valence-corrected chi connectivity index (χ2v) is 4.70. The molecule has 0 radical (unpaired) electrons. The number of carbonyl (C=O) groups excluding carboxylic acids is 2. The van der Waals surface area contributed by atoms with E-state index in [2.05, 4.69) is 5.32 Å². The van der Waals surface area contributed by atoms with Crippen LogP contribution in [0.4, 0.5) is 17.6 Å². The smallest absolute Gasteiger partial charge is 0.319 e. The van der Waals surface area contributed by atoms with Crippen molar-refractivity contribution in [1.29, 1.82) is 0 Å². The topological polar surface area (TPSA) is 78.7 Å². The number of halogens is 6. The van der Waals surface area contributed by atoms with Crippen molar-refractivity contribution in [2.75, 3.05) is 45.8 Å². The molecule has 0 aliphatic carbocycles. The van der Waals surface area contributed by atoms with Crippen molar-refractivity contribution in [2.45, 2.75) is 12.3 Å². The fourth-order valence-corrected chi connectivity index (χ4v) is 1.88. The van der Waals surface area contributed by atoms with E-state index in [9.17, 15) is 27.2 Å². The molecule has 1 aliphatic heterocycles. The molecule has 1 fully saturated rings. The molecule has 1 heterocycles. The molecule has 12 heteroatoms. The van der Waals surface area contributed by atoms with Gasteiger partial charge in [-0.25, -0.2) is 8.78 Å². The van der Waals surface area contributed by atoms with Crippen LogP contribution in [0.15, 0.2) is 0 Å². The molecule has 0 atom stereocenters. The van der Waals surface area contributed by atoms with Crippen LogP contribution in [0.25, 0.3) is 0 Å². The van der Waals surface area contributed by atoms with Crippen LogP contribution in [0.1, 0.15) is 0 Å². The number of nitrogens with one attached hydrogen (secondary N) is 1. The van der Waals surface area contributed by atoms with Crippen molar-refractivity contribution in [3.05, 3.63) is 0 Å². The van der Waals surface area contributed by atoms with Gasteiger partial charge in [0.1, 0.15) is 0 Å². The lowest BCUT2D eigenvalue weighted by atomic mass is 10.2. The third-order valence-corrected chi connectivity index (χ3v) is 3.10. The Morgan fingerprint density at radius 3 is 2.09 bits per heavy atom. The number of hydrogen-bond donors (Lipinski definition) is 2. The van der Waals surface area contributed by atoms with E-state index in [4.69, 9.17) is 5.73 Å². The van der Waals surface area contributed by atoms with Crippen LogP contribution < -0.4 is 11.1 Å². The lowest BCUT2D eigenvalue weighted by Gasteiger charge is -2.36. The summed E-state index contributed by atoms with van der Waals surface area (Å²) in [7, 11) is 0. The molecule has 1 rings (SSSR count). The third-order valence-electron chi connectivity index (χ3n) is 3.10. The Labute approximate surface area is 143 Å². The quantitative estimate of drug-likeness (QED) is 0.627. The molecule has 2 amide bonds. The molecule has 1 saturated heterocycles. The average Bonchev–Trinajstić information content (AvgIpc) is 2.44. The summed E-state index contributed by atoms with van der Waals surface area (Å²) >= 11 is 0. The highest BCUT2D eigenvalue weighted by Gasteiger charge is 2.42. The molecule has 0 spiro atoms. The molecule has 3 N–H and O–H groups in total. The van der Waals surface area contributed by atoms with Gasteiger partial charge in [0.05, 0.1) is 19.6 Å². The largest absolute Gasteiger partial charge is 0.346 e. The molecule has 23 heavy (non-hydrogen) atoms. The van der Waals surface area contributed by atoms with Gasteiger partial charge in [0.2, 0.25) is 11.8 Å². The lowest BCUT2D eigenvalue weighted by molar-refractivity contribution is -0.148. The zero-order valence-corrected chi connectivity index (χ0v) is 13.8. The number of nitrogens with two attached hydrogens (primary N) is 1. The fourth-order valence-electron chi connectivity index (χ4n) is 1.88. The van der Waals surface area contributed by atoms with E-state index < -0.39 is 24.8 Å². The minimum Gasteiger partial charge on any atom is -0.346 e. The maximum Gasteiger partial charge on any atom is 0.319 e. The van der Waals surface area contributed by atoms with E-state index in [1.54, 1.807) is 0 Å². The highest BCUT2D eigenvalue weighted by Crippen LogP contribution is 2.24. The number of piperazine rings is 1. The van der Waals surface area contributed by atoms with E-state index in [1.165, 1.54) is 9.80 Å². The second-order valence-electron chi connectivity index (χ2n) is 4.70. The number of hydrogen-bond acceptors (Lipinski definition) is 4. The van der Waals surface area contributed by atoms with Gasteiger partial charge in [-0.05, 0) is 0 Å². The molecule has 6 nitrogen and oxygen atoms in total. The summed E-state index contributed by atoms with van der Waals surface area (Å²) < 4.78 is 50.0. The Bertz CT molecular complexity index is 383. The van der Waals surface area contributed by atoms with E-state index in [-0.39, 0.29) is 70.0 Å². The predicted molar refractivity (Wildman–Crippen MR) is 80.5 cm³/mol. The highest BCUT2D eigenvalue weighted by molar-refractivity contribution is 5.86. The van der Waals surface area contributed by atoms with Crippen molar-refractivity contribution in [3.8, 4) is 0 Å². The summed E-state index contributed by atoms with van der Waals surface area (Å²) in [5.41, 5.74) is 5.06. The molecule has 0 unspecified atom stereocenters. The van der Waals surface area contributed by atoms with Crippen molar-refractivity contribution in [1.82, 2.24) is 15.1 Å². The van der Waals surface area contributed by atoms with E-state index in [0.717, 1.165) is 0 Å². The Morgan fingerprint density at radius 2 is 1.65 bits per heavy atom. The zero-order chi connectivity index (χ0) is 16.0. The first kappa shape index (κ1) is 24.4. The van der Waals surface area contributed by atoms with Crippen molar-refractivity contribution in [2.24, 2.45) is 5.73 Å². The number of rotatable bonds is 6. The summed E-state index contributed by atoms with van der Waals surface area (Å²) in [4.78, 5) is 25.2. The first-order chi connectivity index (χ1) is 9.76. The standard InChI is InChI=1S/C11H18F4N4O2.2ClH/c12-10(13)11(14,15)7-18-1-3-19(4-2-18)9(21)6-17-8(20)5-16;;/h10H,1-7,16H2,(H,17,20);2*1H. The summed E-state index contributed by atoms with van der Waals surface area (Å²) in [6.07, 6.45) is -3.70. The predicted octanol–water partition coefficient (Wildman–Crippen LogP) is -0.0505. The summed E-state index contributed by atoms with van der Waals surface area (Å²) in [5, 5.41) is 2.31. The molecule has 0 bridgehead atoms. The first-order valence-electron chi connectivity index (χ1n) is 6.39. The average molecular weight is 387 g/mol. The molecule has 1 aliphatic rings. The van der Waals surface area contributed by atoms with Crippen molar-refractivity contribution >= 4 is 36.6 Å². The third kappa shape index (κ3) is 8.00. The van der Waals surface area contributed by atoms with Crippen LogP contribution in [0.3, 0.4) is 0 Å². The minimum absolute atomic E-state index is 0. The maximum atomic E-state index is 12.9. The Balaban J connectivity index is 0. The van der Waals surface area contributed by atoms with Crippen LogP contribution in [0.2, 0.25) is 0 Å². The van der Waals surface area contributed by atoms with Crippen molar-refractivity contribution < 1.29 is 27.2 Å². The maximum absolute atomic E-state index is 12.9. The molecular weight excluding hydrogens is 367 g/mol. The van der Waals surface area contributed by atoms with Gasteiger partial charge in [0.25, 0.3) is 0 Å². The number of amides is 2. The highest BCUT2D eigenvalue weighted by atomic mass is 35.5. The van der Waals surface area contributed by atoms with E-state index >= 15 is 0 Å². The normalized spacial score (nSPS) is 15.7. The molecule has 0 saturated carbocycles. The van der Waals surface area contributed by atoms with Crippen molar-refractivity contribution in [3.63, 3.8) is 0 Å². The Morgan fingerprint density at radius 1 is 1.13 bits per heavy atom. The Hall–Kier alpha value is -0.840. The molecule has 0 aromatic heterocycles. The van der Waals surface area contributed by atoms with Crippen LogP contribution in [-0.4, -0.2) is 79.8 Å². The molecule has 0 aromatic carbocycles. The molecular formula is C11H20Cl2F4N4O2. The number of carbonyl (C=O) groups is 2. The van der Waals surface area contributed by atoms with Gasteiger partial charge >= 0.3 is 12.3 Å². The SMILES string of the molecule is Cl.Cl.NCC(=O)NCC(=O)N1CCN(CC(F)(F)C(F)F)CC1. The van der Waals surface area contributed by atoms with Gasteiger partial charge in [-0.3, -0.25) is 14.5 Å². The monoisotopic (exact) mass is 386 g/mol. The minimum atomic E-state index is -4.05. The Kier molecular flexibility index (Phi) is 11.5. The molecule has 138 valence electrons.